The summed E-state index contributed by atoms with van der Waals surface area (Å²) in [7, 11) is 0. The second kappa shape index (κ2) is 8.69. The molecule has 0 nitrogen and oxygen atoms in total. The zero-order valence-electron chi connectivity index (χ0n) is 11.8. The van der Waals surface area contributed by atoms with E-state index in [0.29, 0.717) is 5.92 Å². The van der Waals surface area contributed by atoms with Crippen molar-refractivity contribution >= 4 is 36.2 Å². The van der Waals surface area contributed by atoms with Gasteiger partial charge in [0.15, 0.2) is 0 Å². The molecule has 0 saturated carbocycles. The van der Waals surface area contributed by atoms with Gasteiger partial charge in [0, 0.05) is 26.6 Å². The second-order valence-electron chi connectivity index (χ2n) is 5.18. The van der Waals surface area contributed by atoms with Crippen molar-refractivity contribution in [3.05, 3.63) is 45.7 Å². The van der Waals surface area contributed by atoms with Crippen molar-refractivity contribution in [1.82, 2.24) is 0 Å². The molecule has 106 valence electrons. The van der Waals surface area contributed by atoms with Crippen molar-refractivity contribution in [2.75, 3.05) is 0 Å². The van der Waals surface area contributed by atoms with Crippen LogP contribution in [0.25, 0.3) is 0 Å². The molecule has 1 aromatic rings. The van der Waals surface area contributed by atoms with Crippen LogP contribution in [0.2, 0.25) is 0 Å². The molecule has 1 aliphatic carbocycles. The SMILES string of the molecule is CC(C)c1ccsc1C(C)(C)C1=[C-]CC=C1.Cl.Cl.[Ti]. The summed E-state index contributed by atoms with van der Waals surface area (Å²) in [5.41, 5.74) is 2.95. The molecule has 0 aliphatic heterocycles. The van der Waals surface area contributed by atoms with Gasteiger partial charge in [-0.3, -0.25) is 6.08 Å². The minimum Gasteiger partial charge on any atom is -0.269 e. The monoisotopic (exact) mass is 351 g/mol. The van der Waals surface area contributed by atoms with Gasteiger partial charge in [0.25, 0.3) is 0 Å². The van der Waals surface area contributed by atoms with Gasteiger partial charge in [-0.25, -0.2) is 11.6 Å². The Balaban J connectivity index is 0. The maximum Gasteiger partial charge on any atom is 0.0150 e. The van der Waals surface area contributed by atoms with Crippen LogP contribution in [0, 0.1) is 6.08 Å². The fourth-order valence-corrected chi connectivity index (χ4v) is 3.43. The van der Waals surface area contributed by atoms with Crippen molar-refractivity contribution in [3.63, 3.8) is 0 Å². The Bertz CT molecular complexity index is 445. The summed E-state index contributed by atoms with van der Waals surface area (Å²) < 4.78 is 0. The average molecular weight is 352 g/mol. The van der Waals surface area contributed by atoms with Gasteiger partial charge in [-0.05, 0) is 28.3 Å². The van der Waals surface area contributed by atoms with Crippen LogP contribution in [0.3, 0.4) is 0 Å². The van der Waals surface area contributed by atoms with E-state index in [4.69, 9.17) is 0 Å². The Kier molecular flexibility index (Phi) is 9.96. The quantitative estimate of drug-likeness (QED) is 0.485. The van der Waals surface area contributed by atoms with Gasteiger partial charge in [0.1, 0.15) is 0 Å². The summed E-state index contributed by atoms with van der Waals surface area (Å²) >= 11 is 1.88. The standard InChI is InChI=1S/C15H19S.2ClH.Ti/c1-11(2)13-9-10-16-14(13)15(3,4)12-7-5-6-8-12;;;/h5,7,9-11H,6H2,1-4H3;2*1H;/q-1;;;. The van der Waals surface area contributed by atoms with Crippen LogP contribution < -0.4 is 0 Å². The van der Waals surface area contributed by atoms with E-state index in [1.807, 2.05) is 11.3 Å². The van der Waals surface area contributed by atoms with Crippen LogP contribution >= 0.6 is 36.2 Å². The third-order valence-electron chi connectivity index (χ3n) is 3.25. The Hall–Kier alpha value is 0.474. The number of hydrogen-bond acceptors (Lipinski definition) is 1. The maximum absolute atomic E-state index is 3.46. The summed E-state index contributed by atoms with van der Waals surface area (Å²) in [4.78, 5) is 1.50. The first-order valence-electron chi connectivity index (χ1n) is 5.89. The fourth-order valence-electron chi connectivity index (χ4n) is 2.24. The molecule has 0 atom stereocenters. The molecule has 0 bridgehead atoms. The van der Waals surface area contributed by atoms with E-state index in [2.05, 4.69) is 57.4 Å². The van der Waals surface area contributed by atoms with Gasteiger partial charge < -0.3 is 0 Å². The molecule has 1 aliphatic rings. The first kappa shape index (κ1) is 21.8. The summed E-state index contributed by atoms with van der Waals surface area (Å²) in [6.45, 7) is 9.15. The number of rotatable bonds is 3. The summed E-state index contributed by atoms with van der Waals surface area (Å²) in [5.74, 6) is 0.603. The molecule has 2 rings (SSSR count). The number of thiophene rings is 1. The molecule has 0 saturated heterocycles. The molecule has 1 heterocycles. The fraction of sp³-hybridized carbons (Fsp3) is 0.467. The van der Waals surface area contributed by atoms with Crippen molar-refractivity contribution in [1.29, 1.82) is 0 Å². The third-order valence-corrected chi connectivity index (χ3v) is 4.51. The van der Waals surface area contributed by atoms with E-state index >= 15 is 0 Å². The van der Waals surface area contributed by atoms with E-state index in [1.54, 1.807) is 0 Å². The van der Waals surface area contributed by atoms with Gasteiger partial charge in [-0.1, -0.05) is 27.7 Å². The van der Waals surface area contributed by atoms with Gasteiger partial charge in [0.05, 0.1) is 0 Å². The summed E-state index contributed by atoms with van der Waals surface area (Å²) in [6, 6.07) is 2.27. The predicted molar refractivity (Wildman–Crippen MR) is 86.4 cm³/mol. The molecule has 0 fully saturated rings. The Morgan fingerprint density at radius 2 is 1.89 bits per heavy atom. The number of allylic oxidation sites excluding steroid dienone is 4. The molecule has 1 aromatic heterocycles. The zero-order chi connectivity index (χ0) is 11.8. The van der Waals surface area contributed by atoms with E-state index < -0.39 is 0 Å². The first-order chi connectivity index (χ1) is 7.53. The van der Waals surface area contributed by atoms with Crippen molar-refractivity contribution < 1.29 is 21.7 Å². The van der Waals surface area contributed by atoms with Crippen LogP contribution in [-0.4, -0.2) is 0 Å². The van der Waals surface area contributed by atoms with Crippen LogP contribution in [0.15, 0.2) is 29.2 Å². The van der Waals surface area contributed by atoms with Crippen molar-refractivity contribution in [3.8, 4) is 0 Å². The molecule has 0 unspecified atom stereocenters. The number of halogens is 2. The zero-order valence-corrected chi connectivity index (χ0v) is 15.8. The molecule has 0 spiro atoms. The van der Waals surface area contributed by atoms with Crippen LogP contribution in [0.5, 0.6) is 0 Å². The molecule has 0 aromatic carbocycles. The smallest absolute Gasteiger partial charge is 0.0150 e. The molecule has 0 amide bonds. The molecular formula is C15H21Cl2STi-. The topological polar surface area (TPSA) is 0 Å². The second-order valence-corrected chi connectivity index (χ2v) is 6.10. The van der Waals surface area contributed by atoms with Gasteiger partial charge >= 0.3 is 0 Å². The van der Waals surface area contributed by atoms with Crippen molar-refractivity contribution in [2.24, 2.45) is 0 Å². The van der Waals surface area contributed by atoms with E-state index in [0.717, 1.165) is 6.42 Å². The molecule has 0 radical (unpaired) electrons. The first-order valence-corrected chi connectivity index (χ1v) is 6.77. The van der Waals surface area contributed by atoms with E-state index in [9.17, 15) is 0 Å². The maximum atomic E-state index is 3.46. The Morgan fingerprint density at radius 3 is 2.37 bits per heavy atom. The van der Waals surface area contributed by atoms with Crippen LogP contribution in [-0.2, 0) is 27.1 Å². The largest absolute Gasteiger partial charge is 0.269 e. The van der Waals surface area contributed by atoms with Crippen molar-refractivity contribution in [2.45, 2.75) is 45.4 Å². The van der Waals surface area contributed by atoms with E-state index in [-0.39, 0.29) is 51.9 Å². The van der Waals surface area contributed by atoms with Gasteiger partial charge in [-0.2, -0.15) is 6.08 Å². The minimum absolute atomic E-state index is 0. The molecule has 19 heavy (non-hydrogen) atoms. The van der Waals surface area contributed by atoms with Crippen LogP contribution in [0.1, 0.15) is 50.5 Å². The third kappa shape index (κ3) is 4.47. The molecule has 0 N–H and O–H groups in total. The number of hydrogen-bond donors (Lipinski definition) is 0. The van der Waals surface area contributed by atoms with Gasteiger partial charge in [0.2, 0.25) is 0 Å². The van der Waals surface area contributed by atoms with Gasteiger partial charge in [-0.15, -0.1) is 42.6 Å². The van der Waals surface area contributed by atoms with E-state index in [1.165, 1.54) is 16.0 Å². The molecule has 4 heteroatoms. The van der Waals surface area contributed by atoms with Crippen LogP contribution in [0.4, 0.5) is 0 Å². The average Bonchev–Trinajstić information content (AvgIpc) is 2.89. The Labute approximate surface area is 148 Å². The normalized spacial score (nSPS) is 13.4. The summed E-state index contributed by atoms with van der Waals surface area (Å²) in [6.07, 6.45) is 8.86. The molecular weight excluding hydrogens is 331 g/mol. The summed E-state index contributed by atoms with van der Waals surface area (Å²) in [5, 5.41) is 2.21. The predicted octanol–water partition coefficient (Wildman–Crippen LogP) is 5.68. The Morgan fingerprint density at radius 1 is 1.26 bits per heavy atom. The minimum atomic E-state index is 0.